The summed E-state index contributed by atoms with van der Waals surface area (Å²) >= 11 is 6.03. The monoisotopic (exact) mass is 427 g/mol. The van der Waals surface area contributed by atoms with Gasteiger partial charge in [0.25, 0.3) is 11.7 Å². The van der Waals surface area contributed by atoms with Crippen molar-refractivity contribution in [2.45, 2.75) is 39.2 Å². The molecule has 0 spiro atoms. The first-order valence-corrected chi connectivity index (χ1v) is 10.6. The van der Waals surface area contributed by atoms with Crippen LogP contribution in [0.5, 0.6) is 5.75 Å². The lowest BCUT2D eigenvalue weighted by atomic mass is 9.95. The number of likely N-dealkylation sites (tertiary alicyclic amines) is 1. The summed E-state index contributed by atoms with van der Waals surface area (Å²) in [5, 5.41) is 11.6. The van der Waals surface area contributed by atoms with Crippen LogP contribution in [0.3, 0.4) is 0 Å². The van der Waals surface area contributed by atoms with Crippen LogP contribution in [0.1, 0.15) is 50.3 Å². The zero-order chi connectivity index (χ0) is 21.7. The summed E-state index contributed by atoms with van der Waals surface area (Å²) < 4.78 is 5.64. The minimum Gasteiger partial charge on any atom is -0.507 e. The van der Waals surface area contributed by atoms with Gasteiger partial charge in [0.15, 0.2) is 0 Å². The maximum absolute atomic E-state index is 12.9. The van der Waals surface area contributed by atoms with Gasteiger partial charge in [0, 0.05) is 17.1 Å². The van der Waals surface area contributed by atoms with Crippen LogP contribution in [0, 0.1) is 0 Å². The summed E-state index contributed by atoms with van der Waals surface area (Å²) in [5.74, 6) is -0.870. The second-order valence-corrected chi connectivity index (χ2v) is 7.71. The highest BCUT2D eigenvalue weighted by Gasteiger charge is 2.45. The van der Waals surface area contributed by atoms with E-state index in [-0.39, 0.29) is 11.3 Å². The van der Waals surface area contributed by atoms with Crippen molar-refractivity contribution in [3.05, 3.63) is 70.3 Å². The molecular weight excluding hydrogens is 402 g/mol. The molecule has 1 aliphatic rings. The number of ketones is 1. The van der Waals surface area contributed by atoms with E-state index in [1.54, 1.807) is 48.5 Å². The Morgan fingerprint density at radius 2 is 1.83 bits per heavy atom. The molecule has 5 nitrogen and oxygen atoms in total. The first kappa shape index (κ1) is 21.9. The lowest BCUT2D eigenvalue weighted by Crippen LogP contribution is -2.30. The van der Waals surface area contributed by atoms with Gasteiger partial charge in [-0.25, -0.2) is 0 Å². The van der Waals surface area contributed by atoms with Crippen LogP contribution in [0.25, 0.3) is 5.76 Å². The number of aliphatic hydroxyl groups excluding tert-OH is 1. The molecule has 0 aliphatic carbocycles. The molecule has 0 bridgehead atoms. The SMILES string of the molecule is CCCCN1C(=O)C(=O)/C(=C(\O)c2cccc(OCCC)c2)C1c1ccc(Cl)cc1. The molecule has 1 N–H and O–H groups in total. The van der Waals surface area contributed by atoms with Crippen molar-refractivity contribution >= 4 is 29.1 Å². The number of aliphatic hydroxyl groups is 1. The number of hydrogen-bond acceptors (Lipinski definition) is 4. The van der Waals surface area contributed by atoms with Crippen molar-refractivity contribution in [1.82, 2.24) is 4.90 Å². The predicted octanol–water partition coefficient (Wildman–Crippen LogP) is 5.35. The predicted molar refractivity (Wildman–Crippen MR) is 118 cm³/mol. The Morgan fingerprint density at radius 3 is 2.50 bits per heavy atom. The van der Waals surface area contributed by atoms with Gasteiger partial charge in [-0.15, -0.1) is 0 Å². The van der Waals surface area contributed by atoms with Crippen LogP contribution in [0.15, 0.2) is 54.1 Å². The van der Waals surface area contributed by atoms with Gasteiger partial charge in [-0.1, -0.05) is 56.1 Å². The average molecular weight is 428 g/mol. The number of halogens is 1. The average Bonchev–Trinajstić information content (AvgIpc) is 3.01. The summed E-state index contributed by atoms with van der Waals surface area (Å²) in [5.41, 5.74) is 1.26. The van der Waals surface area contributed by atoms with Gasteiger partial charge in [-0.3, -0.25) is 9.59 Å². The van der Waals surface area contributed by atoms with Crippen molar-refractivity contribution in [3.8, 4) is 5.75 Å². The van der Waals surface area contributed by atoms with Crippen molar-refractivity contribution in [2.24, 2.45) is 0 Å². The zero-order valence-electron chi connectivity index (χ0n) is 17.2. The molecule has 1 saturated heterocycles. The molecule has 2 aromatic carbocycles. The Hall–Kier alpha value is -2.79. The van der Waals surface area contributed by atoms with Gasteiger partial charge in [-0.05, 0) is 42.7 Å². The topological polar surface area (TPSA) is 66.8 Å². The number of benzene rings is 2. The maximum atomic E-state index is 12.9. The Kier molecular flexibility index (Phi) is 7.16. The molecule has 1 unspecified atom stereocenters. The van der Waals surface area contributed by atoms with E-state index in [2.05, 4.69) is 0 Å². The number of unbranched alkanes of at least 4 members (excludes halogenated alkanes) is 1. The molecule has 1 fully saturated rings. The van der Waals surface area contributed by atoms with E-state index in [0.29, 0.717) is 29.5 Å². The zero-order valence-corrected chi connectivity index (χ0v) is 18.0. The summed E-state index contributed by atoms with van der Waals surface area (Å²) in [6.45, 7) is 5.02. The van der Waals surface area contributed by atoms with Gasteiger partial charge < -0.3 is 14.7 Å². The summed E-state index contributed by atoms with van der Waals surface area (Å²) in [4.78, 5) is 27.3. The van der Waals surface area contributed by atoms with Crippen LogP contribution in [-0.2, 0) is 9.59 Å². The largest absolute Gasteiger partial charge is 0.507 e. The first-order chi connectivity index (χ1) is 14.5. The number of amides is 1. The smallest absolute Gasteiger partial charge is 0.295 e. The fraction of sp³-hybridized carbons (Fsp3) is 0.333. The molecule has 158 valence electrons. The van der Waals surface area contributed by atoms with E-state index in [4.69, 9.17) is 16.3 Å². The van der Waals surface area contributed by atoms with Crippen LogP contribution in [0.2, 0.25) is 5.02 Å². The van der Waals surface area contributed by atoms with Crippen molar-refractivity contribution in [1.29, 1.82) is 0 Å². The fourth-order valence-corrected chi connectivity index (χ4v) is 3.67. The second kappa shape index (κ2) is 9.81. The number of ether oxygens (including phenoxy) is 1. The highest BCUT2D eigenvalue weighted by molar-refractivity contribution is 6.46. The minimum atomic E-state index is -0.677. The van der Waals surface area contributed by atoms with E-state index in [0.717, 1.165) is 24.8 Å². The summed E-state index contributed by atoms with van der Waals surface area (Å²) in [7, 11) is 0. The molecular formula is C24H26ClNO4. The number of carbonyl (C=O) groups excluding carboxylic acids is 2. The van der Waals surface area contributed by atoms with E-state index < -0.39 is 17.7 Å². The highest BCUT2D eigenvalue weighted by Crippen LogP contribution is 2.40. The number of hydrogen-bond donors (Lipinski definition) is 1. The fourth-order valence-electron chi connectivity index (χ4n) is 3.54. The number of carbonyl (C=O) groups is 2. The Labute approximate surface area is 181 Å². The Bertz CT molecular complexity index is 952. The molecule has 3 rings (SSSR count). The van der Waals surface area contributed by atoms with E-state index in [1.807, 2.05) is 13.8 Å². The molecule has 1 heterocycles. The Morgan fingerprint density at radius 1 is 1.10 bits per heavy atom. The molecule has 1 aliphatic heterocycles. The van der Waals surface area contributed by atoms with Crippen LogP contribution in [0.4, 0.5) is 0 Å². The summed E-state index contributed by atoms with van der Waals surface area (Å²) in [6, 6.07) is 13.3. The van der Waals surface area contributed by atoms with Crippen molar-refractivity contribution in [3.63, 3.8) is 0 Å². The molecule has 30 heavy (non-hydrogen) atoms. The molecule has 2 aromatic rings. The van der Waals surface area contributed by atoms with Crippen LogP contribution in [-0.4, -0.2) is 34.8 Å². The van der Waals surface area contributed by atoms with Crippen LogP contribution < -0.4 is 4.74 Å². The second-order valence-electron chi connectivity index (χ2n) is 7.27. The normalized spacial score (nSPS) is 18.1. The summed E-state index contributed by atoms with van der Waals surface area (Å²) in [6.07, 6.45) is 2.50. The molecule has 1 amide bonds. The molecule has 0 radical (unpaired) electrons. The number of Topliss-reactive ketones (excluding diaryl/α,β-unsaturated/α-hetero) is 1. The maximum Gasteiger partial charge on any atom is 0.295 e. The lowest BCUT2D eigenvalue weighted by Gasteiger charge is -2.25. The van der Waals surface area contributed by atoms with Gasteiger partial charge >= 0.3 is 0 Å². The standard InChI is InChI=1S/C24H26ClNO4/c1-3-5-13-26-21(16-9-11-18(25)12-10-16)20(23(28)24(26)29)22(27)17-7-6-8-19(15-17)30-14-4-2/h6-12,15,21,27H,3-5,13-14H2,1-2H3/b22-20-. The molecule has 0 aromatic heterocycles. The minimum absolute atomic E-state index is 0.0890. The number of rotatable bonds is 8. The van der Waals surface area contributed by atoms with E-state index in [9.17, 15) is 14.7 Å². The number of nitrogens with zero attached hydrogens (tertiary/aromatic N) is 1. The van der Waals surface area contributed by atoms with Gasteiger partial charge in [0.1, 0.15) is 11.5 Å². The highest BCUT2D eigenvalue weighted by atomic mass is 35.5. The van der Waals surface area contributed by atoms with Crippen molar-refractivity contribution in [2.75, 3.05) is 13.2 Å². The third kappa shape index (κ3) is 4.51. The molecule has 1 atom stereocenters. The Balaban J connectivity index is 2.10. The van der Waals surface area contributed by atoms with Gasteiger partial charge in [0.2, 0.25) is 0 Å². The van der Waals surface area contributed by atoms with Gasteiger partial charge in [0.05, 0.1) is 18.2 Å². The lowest BCUT2D eigenvalue weighted by molar-refractivity contribution is -0.139. The third-order valence-corrected chi connectivity index (χ3v) is 5.31. The van der Waals surface area contributed by atoms with Gasteiger partial charge in [-0.2, -0.15) is 0 Å². The first-order valence-electron chi connectivity index (χ1n) is 10.2. The third-order valence-electron chi connectivity index (χ3n) is 5.06. The van der Waals surface area contributed by atoms with E-state index in [1.165, 1.54) is 4.90 Å². The molecule has 0 saturated carbocycles. The quantitative estimate of drug-likeness (QED) is 0.350. The van der Waals surface area contributed by atoms with Crippen LogP contribution >= 0.6 is 11.6 Å². The molecule has 6 heteroatoms. The van der Waals surface area contributed by atoms with Crippen molar-refractivity contribution < 1.29 is 19.4 Å². The van der Waals surface area contributed by atoms with E-state index >= 15 is 0 Å².